The van der Waals surface area contributed by atoms with E-state index < -0.39 is 21.7 Å². The van der Waals surface area contributed by atoms with E-state index in [1.807, 2.05) is 0 Å². The van der Waals surface area contributed by atoms with Crippen LogP contribution < -0.4 is 10.5 Å². The van der Waals surface area contributed by atoms with Gasteiger partial charge in [-0.15, -0.1) is 0 Å². The largest absolute Gasteiger partial charge is 0.480 e. The molecule has 0 rings (SSSR count). The van der Waals surface area contributed by atoms with Gasteiger partial charge in [-0.05, 0) is 13.3 Å². The molecule has 0 aliphatic rings. The van der Waals surface area contributed by atoms with Gasteiger partial charge in [-0.25, -0.2) is 13.1 Å². The fourth-order valence-corrected chi connectivity index (χ4v) is 1.51. The molecule has 0 radical (unpaired) electrons. The molecule has 0 aromatic carbocycles. The molecule has 0 aliphatic heterocycles. The van der Waals surface area contributed by atoms with E-state index in [1.54, 1.807) is 6.92 Å². The van der Waals surface area contributed by atoms with Gasteiger partial charge >= 0.3 is 5.97 Å². The van der Waals surface area contributed by atoms with Gasteiger partial charge in [0.1, 0.15) is 0 Å². The van der Waals surface area contributed by atoms with Crippen LogP contribution >= 0.6 is 0 Å². The second-order valence-corrected chi connectivity index (χ2v) is 4.62. The minimum atomic E-state index is -3.68. The van der Waals surface area contributed by atoms with Crippen LogP contribution in [0, 0.1) is 0 Å². The lowest BCUT2D eigenvalue weighted by molar-refractivity contribution is -0.134. The highest BCUT2D eigenvalue weighted by Crippen LogP contribution is 1.87. The summed E-state index contributed by atoms with van der Waals surface area (Å²) in [6.45, 7) is 1.92. The first-order chi connectivity index (χ1) is 5.83. The molecule has 0 bridgehead atoms. The molecule has 6 nitrogen and oxygen atoms in total. The number of carboxylic acid groups (broad SMARTS) is 1. The van der Waals surface area contributed by atoms with Crippen molar-refractivity contribution in [2.45, 2.75) is 19.4 Å². The fraction of sp³-hybridized carbons (Fsp3) is 0.833. The number of hydrogen-bond donors (Lipinski definition) is 3. The zero-order chi connectivity index (χ0) is 10.5. The van der Waals surface area contributed by atoms with Crippen molar-refractivity contribution in [1.29, 1.82) is 0 Å². The zero-order valence-electron chi connectivity index (χ0n) is 7.36. The van der Waals surface area contributed by atoms with E-state index in [-0.39, 0.29) is 12.6 Å². The third-order valence-corrected chi connectivity index (χ3v) is 2.51. The SMILES string of the molecule is CC(N)CCNS(=O)(=O)CC(=O)O. The lowest BCUT2D eigenvalue weighted by atomic mass is 10.3. The van der Waals surface area contributed by atoms with Crippen molar-refractivity contribution < 1.29 is 18.3 Å². The average molecular weight is 210 g/mol. The Morgan fingerprint density at radius 1 is 1.62 bits per heavy atom. The Labute approximate surface area is 77.2 Å². The van der Waals surface area contributed by atoms with E-state index in [2.05, 4.69) is 4.72 Å². The molecule has 4 N–H and O–H groups in total. The van der Waals surface area contributed by atoms with Gasteiger partial charge in [0.2, 0.25) is 10.0 Å². The van der Waals surface area contributed by atoms with Crippen LogP contribution in [-0.2, 0) is 14.8 Å². The normalized spacial score (nSPS) is 14.0. The number of hydrogen-bond acceptors (Lipinski definition) is 4. The molecule has 0 fully saturated rings. The molecule has 0 saturated carbocycles. The molecule has 1 atom stereocenters. The Kier molecular flexibility index (Phi) is 4.89. The van der Waals surface area contributed by atoms with Gasteiger partial charge in [0, 0.05) is 12.6 Å². The second kappa shape index (κ2) is 5.15. The molecule has 13 heavy (non-hydrogen) atoms. The zero-order valence-corrected chi connectivity index (χ0v) is 8.17. The van der Waals surface area contributed by atoms with Crippen LogP contribution in [0.25, 0.3) is 0 Å². The number of rotatable bonds is 6. The third-order valence-electron chi connectivity index (χ3n) is 1.24. The van der Waals surface area contributed by atoms with Gasteiger partial charge in [0.25, 0.3) is 0 Å². The Balaban J connectivity index is 3.84. The molecule has 7 heteroatoms. The Bertz CT molecular complexity index is 260. The van der Waals surface area contributed by atoms with Gasteiger partial charge in [-0.2, -0.15) is 0 Å². The van der Waals surface area contributed by atoms with E-state index in [4.69, 9.17) is 10.8 Å². The first-order valence-corrected chi connectivity index (χ1v) is 5.43. The standard InChI is InChI=1S/C6H14N2O4S/c1-5(7)2-3-8-13(11,12)4-6(9)10/h5,8H,2-4,7H2,1H3,(H,9,10). The number of sulfonamides is 1. The topological polar surface area (TPSA) is 109 Å². The van der Waals surface area contributed by atoms with Crippen LogP contribution in [-0.4, -0.2) is 37.8 Å². The van der Waals surface area contributed by atoms with Crippen molar-refractivity contribution in [2.75, 3.05) is 12.3 Å². The summed E-state index contributed by atoms with van der Waals surface area (Å²) in [6, 6.07) is -0.104. The molecule has 0 aromatic rings. The summed E-state index contributed by atoms with van der Waals surface area (Å²) in [4.78, 5) is 10.1. The molecule has 1 unspecified atom stereocenters. The van der Waals surface area contributed by atoms with E-state index in [0.29, 0.717) is 6.42 Å². The molecular formula is C6H14N2O4S. The number of nitrogens with two attached hydrogens (primary N) is 1. The van der Waals surface area contributed by atoms with Crippen LogP contribution in [0.3, 0.4) is 0 Å². The predicted octanol–water partition coefficient (Wildman–Crippen LogP) is -1.27. The lowest BCUT2D eigenvalue weighted by Gasteiger charge is -2.06. The summed E-state index contributed by atoms with van der Waals surface area (Å²) in [5, 5.41) is 8.21. The maximum Gasteiger partial charge on any atom is 0.320 e. The van der Waals surface area contributed by atoms with Gasteiger partial charge in [-0.1, -0.05) is 0 Å². The van der Waals surface area contributed by atoms with Gasteiger partial charge in [0.05, 0.1) is 0 Å². The van der Waals surface area contributed by atoms with Crippen LogP contribution in [0.2, 0.25) is 0 Å². The maximum absolute atomic E-state index is 10.9. The van der Waals surface area contributed by atoms with Crippen LogP contribution in [0.15, 0.2) is 0 Å². The molecule has 0 saturated heterocycles. The molecule has 0 spiro atoms. The minimum Gasteiger partial charge on any atom is -0.480 e. The molecule has 0 amide bonds. The summed E-state index contributed by atoms with van der Waals surface area (Å²) < 4.78 is 23.9. The highest BCUT2D eigenvalue weighted by Gasteiger charge is 2.14. The summed E-state index contributed by atoms with van der Waals surface area (Å²) >= 11 is 0. The van der Waals surface area contributed by atoms with Crippen molar-refractivity contribution in [3.8, 4) is 0 Å². The van der Waals surface area contributed by atoms with Crippen LogP contribution in [0.1, 0.15) is 13.3 Å². The number of nitrogens with one attached hydrogen (secondary N) is 1. The van der Waals surface area contributed by atoms with E-state index >= 15 is 0 Å². The van der Waals surface area contributed by atoms with Gasteiger partial charge < -0.3 is 10.8 Å². The highest BCUT2D eigenvalue weighted by atomic mass is 32.2. The number of carbonyl (C=O) groups is 1. The highest BCUT2D eigenvalue weighted by molar-refractivity contribution is 7.90. The molecule has 0 aromatic heterocycles. The first-order valence-electron chi connectivity index (χ1n) is 3.78. The number of aliphatic carboxylic acids is 1. The van der Waals surface area contributed by atoms with Crippen molar-refractivity contribution in [1.82, 2.24) is 4.72 Å². The minimum absolute atomic E-state index is 0.104. The molecular weight excluding hydrogens is 196 g/mol. The van der Waals surface area contributed by atoms with Crippen LogP contribution in [0.4, 0.5) is 0 Å². The van der Waals surface area contributed by atoms with E-state index in [0.717, 1.165) is 0 Å². The van der Waals surface area contributed by atoms with Crippen molar-refractivity contribution in [3.05, 3.63) is 0 Å². The Morgan fingerprint density at radius 3 is 2.54 bits per heavy atom. The fourth-order valence-electron chi connectivity index (χ4n) is 0.656. The van der Waals surface area contributed by atoms with Crippen molar-refractivity contribution >= 4 is 16.0 Å². The smallest absolute Gasteiger partial charge is 0.320 e. The Morgan fingerprint density at radius 2 is 2.15 bits per heavy atom. The average Bonchev–Trinajstić information content (AvgIpc) is 1.81. The molecule has 78 valence electrons. The van der Waals surface area contributed by atoms with E-state index in [1.165, 1.54) is 0 Å². The van der Waals surface area contributed by atoms with Gasteiger partial charge in [0.15, 0.2) is 5.75 Å². The van der Waals surface area contributed by atoms with E-state index in [9.17, 15) is 13.2 Å². The summed E-state index contributed by atoms with van der Waals surface area (Å²) in [6.07, 6.45) is 0.485. The monoisotopic (exact) mass is 210 g/mol. The first kappa shape index (κ1) is 12.3. The maximum atomic E-state index is 10.9. The third kappa shape index (κ3) is 7.69. The summed E-state index contributed by atoms with van der Waals surface area (Å²) in [7, 11) is -3.68. The quantitative estimate of drug-likeness (QED) is 0.506. The Hall–Kier alpha value is -0.660. The summed E-state index contributed by atoms with van der Waals surface area (Å²) in [5.41, 5.74) is 5.37. The molecule has 0 heterocycles. The molecule has 0 aliphatic carbocycles. The van der Waals surface area contributed by atoms with Gasteiger partial charge in [-0.3, -0.25) is 4.79 Å². The summed E-state index contributed by atoms with van der Waals surface area (Å²) in [5.74, 6) is -2.26. The van der Waals surface area contributed by atoms with Crippen molar-refractivity contribution in [3.63, 3.8) is 0 Å². The van der Waals surface area contributed by atoms with Crippen LogP contribution in [0.5, 0.6) is 0 Å². The van der Waals surface area contributed by atoms with Crippen molar-refractivity contribution in [2.24, 2.45) is 5.73 Å². The number of carboxylic acids is 1. The predicted molar refractivity (Wildman–Crippen MR) is 47.7 cm³/mol. The lowest BCUT2D eigenvalue weighted by Crippen LogP contribution is -2.33. The second-order valence-electron chi connectivity index (χ2n) is 2.81.